The van der Waals surface area contributed by atoms with E-state index in [0.717, 1.165) is 9.37 Å². The minimum atomic E-state index is -1.36. The molecule has 0 aromatic heterocycles. The van der Waals surface area contributed by atoms with E-state index in [2.05, 4.69) is 46.4 Å². The van der Waals surface area contributed by atoms with Gasteiger partial charge < -0.3 is 4.74 Å². The predicted octanol–water partition coefficient (Wildman–Crippen LogP) is 5.33. The molecule has 0 fully saturated rings. The summed E-state index contributed by atoms with van der Waals surface area (Å²) in [5, 5.41) is 3.15. The molecule has 1 rings (SSSR count). The number of halogens is 1. The Morgan fingerprint density at radius 2 is 1.90 bits per heavy atom. The van der Waals surface area contributed by atoms with Crippen LogP contribution in [0.25, 0.3) is 0 Å². The normalized spacial score (nSPS) is 11.6. The molecular weight excluding hydrogens is 364 g/mol. The smallest absolute Gasteiger partial charge is 0.338 e. The van der Waals surface area contributed by atoms with E-state index in [1.54, 1.807) is 12.1 Å². The highest BCUT2D eigenvalue weighted by Crippen LogP contribution is 2.28. The number of rotatable bonds is 2. The summed E-state index contributed by atoms with van der Waals surface area (Å²) in [6.45, 7) is 12.2. The lowest BCUT2D eigenvalue weighted by molar-refractivity contribution is 0.00694. The third kappa shape index (κ3) is 7.21. The second kappa shape index (κ2) is 7.04. The van der Waals surface area contributed by atoms with Crippen molar-refractivity contribution in [2.45, 2.75) is 50.9 Å². The summed E-state index contributed by atoms with van der Waals surface area (Å²) < 4.78 is 6.22. The van der Waals surface area contributed by atoms with Crippen LogP contribution in [-0.2, 0) is 4.74 Å². The monoisotopic (exact) mass is 384 g/mol. The van der Waals surface area contributed by atoms with Gasteiger partial charge in [0, 0.05) is 9.37 Å². The number of esters is 1. The fourth-order valence-electron chi connectivity index (χ4n) is 1.28. The minimum absolute atomic E-state index is 0.312. The Kier molecular flexibility index (Phi) is 6.15. The SMILES string of the molecule is CC(C)(C)OC(=O)c1ccc(SC#C[Si](C)(C)C)c(Br)c1. The van der Waals surface area contributed by atoms with Crippen LogP contribution in [0.1, 0.15) is 31.1 Å². The highest BCUT2D eigenvalue weighted by Gasteiger charge is 2.18. The molecule has 114 valence electrons. The molecule has 1 aromatic carbocycles. The molecule has 0 saturated carbocycles. The van der Waals surface area contributed by atoms with Crippen molar-refractivity contribution in [3.63, 3.8) is 0 Å². The maximum Gasteiger partial charge on any atom is 0.338 e. The van der Waals surface area contributed by atoms with Gasteiger partial charge in [0.15, 0.2) is 0 Å². The number of thioether (sulfide) groups is 1. The summed E-state index contributed by atoms with van der Waals surface area (Å²) in [7, 11) is -1.36. The lowest BCUT2D eigenvalue weighted by atomic mass is 10.2. The van der Waals surface area contributed by atoms with Crippen molar-refractivity contribution in [2.75, 3.05) is 0 Å². The first kappa shape index (κ1) is 18.3. The lowest BCUT2D eigenvalue weighted by Crippen LogP contribution is -2.23. The Morgan fingerprint density at radius 1 is 1.29 bits per heavy atom. The second-order valence-electron chi connectivity index (χ2n) is 6.73. The highest BCUT2D eigenvalue weighted by atomic mass is 79.9. The topological polar surface area (TPSA) is 26.3 Å². The summed E-state index contributed by atoms with van der Waals surface area (Å²) in [6, 6.07) is 5.46. The molecule has 0 radical (unpaired) electrons. The van der Waals surface area contributed by atoms with Crippen molar-refractivity contribution in [1.82, 2.24) is 0 Å². The first-order chi connectivity index (χ1) is 9.48. The Hall–Kier alpha value is -0.703. The second-order valence-corrected chi connectivity index (χ2v) is 13.2. The summed E-state index contributed by atoms with van der Waals surface area (Å²) in [5.74, 6) is -0.312. The van der Waals surface area contributed by atoms with Gasteiger partial charge in [-0.15, -0.1) is 5.54 Å². The van der Waals surface area contributed by atoms with Crippen LogP contribution in [0.5, 0.6) is 0 Å². The van der Waals surface area contributed by atoms with Crippen molar-refractivity contribution in [3.8, 4) is 10.8 Å². The van der Waals surface area contributed by atoms with Gasteiger partial charge in [-0.1, -0.05) is 19.6 Å². The van der Waals surface area contributed by atoms with E-state index < -0.39 is 13.7 Å². The third-order valence-corrected chi connectivity index (χ3v) is 4.91. The average Bonchev–Trinajstić information content (AvgIpc) is 2.27. The number of carbonyl (C=O) groups is 1. The van der Waals surface area contributed by atoms with E-state index in [9.17, 15) is 4.79 Å². The molecule has 2 nitrogen and oxygen atoms in total. The zero-order chi connectivity index (χ0) is 16.3. The van der Waals surface area contributed by atoms with E-state index in [-0.39, 0.29) is 5.97 Å². The van der Waals surface area contributed by atoms with Gasteiger partial charge in [0.25, 0.3) is 0 Å². The molecule has 0 unspecified atom stereocenters. The molecular formula is C16H21BrO2SSi. The zero-order valence-electron chi connectivity index (χ0n) is 13.3. The van der Waals surface area contributed by atoms with Crippen molar-refractivity contribution < 1.29 is 9.53 Å². The molecule has 0 bridgehead atoms. The number of benzene rings is 1. The van der Waals surface area contributed by atoms with E-state index in [1.807, 2.05) is 26.8 Å². The van der Waals surface area contributed by atoms with Gasteiger partial charge in [-0.2, -0.15) is 0 Å². The van der Waals surface area contributed by atoms with Crippen LogP contribution in [0.15, 0.2) is 27.6 Å². The van der Waals surface area contributed by atoms with E-state index in [1.165, 1.54) is 11.8 Å². The van der Waals surface area contributed by atoms with E-state index in [0.29, 0.717) is 5.56 Å². The largest absolute Gasteiger partial charge is 0.456 e. The number of hydrogen-bond donors (Lipinski definition) is 0. The predicted molar refractivity (Wildman–Crippen MR) is 96.3 cm³/mol. The van der Waals surface area contributed by atoms with Crippen LogP contribution in [0.4, 0.5) is 0 Å². The maximum absolute atomic E-state index is 12.0. The minimum Gasteiger partial charge on any atom is -0.456 e. The van der Waals surface area contributed by atoms with E-state index >= 15 is 0 Å². The van der Waals surface area contributed by atoms with Crippen LogP contribution < -0.4 is 0 Å². The fourth-order valence-corrected chi connectivity index (χ4v) is 3.73. The molecule has 0 aliphatic rings. The molecule has 0 amide bonds. The molecule has 5 heteroatoms. The Balaban J connectivity index is 2.85. The van der Waals surface area contributed by atoms with E-state index in [4.69, 9.17) is 4.74 Å². The third-order valence-electron chi connectivity index (χ3n) is 2.15. The molecule has 1 aromatic rings. The van der Waals surface area contributed by atoms with Gasteiger partial charge in [0.05, 0.1) is 5.56 Å². The Labute approximate surface area is 141 Å². The quantitative estimate of drug-likeness (QED) is 0.298. The van der Waals surface area contributed by atoms with Crippen LogP contribution in [0.2, 0.25) is 19.6 Å². The summed E-state index contributed by atoms with van der Waals surface area (Å²) in [4.78, 5) is 13.0. The standard InChI is InChI=1S/C16H21BrO2SSi/c1-16(2,3)19-15(18)12-7-8-14(13(17)11-12)20-9-10-21(4,5)6/h7-8,11H,1-6H3. The van der Waals surface area contributed by atoms with Gasteiger partial charge in [-0.3, -0.25) is 0 Å². The summed E-state index contributed by atoms with van der Waals surface area (Å²) in [6.07, 6.45) is 0. The number of carbonyl (C=O) groups excluding carboxylic acids is 1. The Bertz CT molecular complexity index is 589. The van der Waals surface area contributed by atoms with Crippen molar-refractivity contribution >= 4 is 41.7 Å². The molecule has 0 spiro atoms. The number of hydrogen-bond acceptors (Lipinski definition) is 3. The summed E-state index contributed by atoms with van der Waals surface area (Å²) in [5.41, 5.74) is 3.36. The fraction of sp³-hybridized carbons (Fsp3) is 0.438. The molecule has 0 aliphatic carbocycles. The average molecular weight is 385 g/mol. The molecule has 0 N–H and O–H groups in total. The van der Waals surface area contributed by atoms with Crippen LogP contribution >= 0.6 is 27.7 Å². The molecule has 0 aliphatic heterocycles. The van der Waals surface area contributed by atoms with Gasteiger partial charge in [0.1, 0.15) is 13.7 Å². The summed E-state index contributed by atoms with van der Waals surface area (Å²) >= 11 is 4.97. The number of ether oxygens (including phenoxy) is 1. The van der Waals surface area contributed by atoms with Gasteiger partial charge in [-0.05, 0) is 71.9 Å². The first-order valence-electron chi connectivity index (χ1n) is 6.70. The van der Waals surface area contributed by atoms with Crippen LogP contribution in [0.3, 0.4) is 0 Å². The van der Waals surface area contributed by atoms with Crippen molar-refractivity contribution in [3.05, 3.63) is 28.2 Å². The van der Waals surface area contributed by atoms with Crippen molar-refractivity contribution in [1.29, 1.82) is 0 Å². The van der Waals surface area contributed by atoms with Gasteiger partial charge >= 0.3 is 5.97 Å². The van der Waals surface area contributed by atoms with Crippen LogP contribution in [-0.4, -0.2) is 19.6 Å². The maximum atomic E-state index is 12.0. The first-order valence-corrected chi connectivity index (χ1v) is 11.8. The van der Waals surface area contributed by atoms with Crippen LogP contribution in [0, 0.1) is 10.8 Å². The Morgan fingerprint density at radius 3 is 2.38 bits per heavy atom. The van der Waals surface area contributed by atoms with Gasteiger partial charge in [0.2, 0.25) is 0 Å². The molecule has 0 saturated heterocycles. The highest BCUT2D eigenvalue weighted by molar-refractivity contribution is 9.10. The molecule has 0 heterocycles. The molecule has 0 atom stereocenters. The van der Waals surface area contributed by atoms with Gasteiger partial charge in [-0.25, -0.2) is 4.79 Å². The zero-order valence-corrected chi connectivity index (χ0v) is 16.7. The van der Waals surface area contributed by atoms with Crippen molar-refractivity contribution in [2.24, 2.45) is 0 Å². The molecule has 21 heavy (non-hydrogen) atoms. The lowest BCUT2D eigenvalue weighted by Gasteiger charge is -2.19.